The summed E-state index contributed by atoms with van der Waals surface area (Å²) < 4.78 is 18.1. The first-order chi connectivity index (χ1) is 14.1. The molecule has 2 atom stereocenters. The van der Waals surface area contributed by atoms with Gasteiger partial charge in [0.1, 0.15) is 18.5 Å². The van der Waals surface area contributed by atoms with E-state index in [1.807, 2.05) is 48.5 Å². The molecule has 0 aromatic heterocycles. The third kappa shape index (κ3) is 4.62. The van der Waals surface area contributed by atoms with Crippen LogP contribution in [0.2, 0.25) is 10.0 Å². The van der Waals surface area contributed by atoms with Crippen molar-refractivity contribution in [2.45, 2.75) is 11.9 Å². The van der Waals surface area contributed by atoms with E-state index in [2.05, 4.69) is 28.1 Å². The van der Waals surface area contributed by atoms with E-state index < -0.39 is 5.79 Å². The van der Waals surface area contributed by atoms with Gasteiger partial charge in [-0.2, -0.15) is 0 Å². The van der Waals surface area contributed by atoms with Gasteiger partial charge < -0.3 is 14.2 Å². The fourth-order valence-electron chi connectivity index (χ4n) is 3.29. The first kappa shape index (κ1) is 20.7. The molecular formula is C23H19BrCl2O3. The summed E-state index contributed by atoms with van der Waals surface area (Å²) >= 11 is 15.9. The molecule has 1 aliphatic heterocycles. The van der Waals surface area contributed by atoms with Crippen molar-refractivity contribution in [3.8, 4) is 16.9 Å². The smallest absolute Gasteiger partial charge is 0.206 e. The fourth-order valence-corrected chi connectivity index (χ4v) is 4.44. The van der Waals surface area contributed by atoms with Crippen LogP contribution in [0, 0.1) is 0 Å². The lowest BCUT2D eigenvalue weighted by Crippen LogP contribution is -2.31. The van der Waals surface area contributed by atoms with Gasteiger partial charge in [0, 0.05) is 10.6 Å². The minimum atomic E-state index is -0.952. The first-order valence-electron chi connectivity index (χ1n) is 9.21. The summed E-state index contributed by atoms with van der Waals surface area (Å²) in [5.74, 6) is -0.165. The van der Waals surface area contributed by atoms with Crippen LogP contribution in [0.4, 0.5) is 0 Å². The van der Waals surface area contributed by atoms with Crippen molar-refractivity contribution in [1.29, 1.82) is 0 Å². The van der Waals surface area contributed by atoms with Crippen LogP contribution < -0.4 is 4.74 Å². The molecule has 3 aromatic rings. The quantitative estimate of drug-likeness (QED) is 0.357. The van der Waals surface area contributed by atoms with E-state index in [9.17, 15) is 0 Å². The Bertz CT molecular complexity index is 966. The molecule has 1 heterocycles. The Hall–Kier alpha value is -1.56. The Balaban J connectivity index is 1.40. The number of rotatable bonds is 6. The van der Waals surface area contributed by atoms with Crippen molar-refractivity contribution in [2.75, 3.05) is 18.5 Å². The molecule has 6 heteroatoms. The second-order valence-corrected chi connectivity index (χ2v) is 8.17. The van der Waals surface area contributed by atoms with Gasteiger partial charge in [-0.3, -0.25) is 0 Å². The Labute approximate surface area is 188 Å². The van der Waals surface area contributed by atoms with E-state index in [1.54, 1.807) is 12.1 Å². The van der Waals surface area contributed by atoms with Crippen molar-refractivity contribution in [3.05, 3.63) is 88.4 Å². The van der Waals surface area contributed by atoms with E-state index in [0.29, 0.717) is 28.6 Å². The van der Waals surface area contributed by atoms with Gasteiger partial charge in [-0.1, -0.05) is 87.7 Å². The summed E-state index contributed by atoms with van der Waals surface area (Å²) in [6.45, 7) is 0.789. The van der Waals surface area contributed by atoms with E-state index in [-0.39, 0.29) is 6.10 Å². The van der Waals surface area contributed by atoms with Crippen LogP contribution in [-0.4, -0.2) is 24.6 Å². The molecule has 1 aliphatic rings. The SMILES string of the molecule is Clc1ccc(C2(CBr)OCC(COc3ccc(-c4ccccc4)cc3)O2)c(Cl)c1. The van der Waals surface area contributed by atoms with Gasteiger partial charge in [0.15, 0.2) is 0 Å². The fraction of sp³-hybridized carbons (Fsp3) is 0.217. The van der Waals surface area contributed by atoms with Crippen molar-refractivity contribution in [3.63, 3.8) is 0 Å². The Morgan fingerprint density at radius 1 is 0.966 bits per heavy atom. The maximum absolute atomic E-state index is 6.37. The van der Waals surface area contributed by atoms with Crippen LogP contribution in [0.15, 0.2) is 72.8 Å². The highest BCUT2D eigenvalue weighted by Crippen LogP contribution is 2.40. The normalized spacial score (nSPS) is 21.3. The monoisotopic (exact) mass is 492 g/mol. The second kappa shape index (κ2) is 9.07. The molecule has 0 spiro atoms. The van der Waals surface area contributed by atoms with Crippen molar-refractivity contribution in [1.82, 2.24) is 0 Å². The van der Waals surface area contributed by atoms with Gasteiger partial charge in [-0.25, -0.2) is 0 Å². The van der Waals surface area contributed by atoms with Crippen LogP contribution in [0.25, 0.3) is 11.1 Å². The van der Waals surface area contributed by atoms with Crippen molar-refractivity contribution < 1.29 is 14.2 Å². The predicted molar refractivity (Wildman–Crippen MR) is 120 cm³/mol. The summed E-state index contributed by atoms with van der Waals surface area (Å²) in [7, 11) is 0. The van der Waals surface area contributed by atoms with E-state index in [0.717, 1.165) is 16.9 Å². The third-order valence-electron chi connectivity index (χ3n) is 4.77. The lowest BCUT2D eigenvalue weighted by atomic mass is 10.1. The zero-order chi connectivity index (χ0) is 20.3. The van der Waals surface area contributed by atoms with Gasteiger partial charge in [-0.05, 0) is 35.4 Å². The molecule has 4 rings (SSSR count). The molecule has 3 nitrogen and oxygen atoms in total. The average Bonchev–Trinajstić information content (AvgIpc) is 3.18. The minimum absolute atomic E-state index is 0.215. The molecule has 2 unspecified atom stereocenters. The van der Waals surface area contributed by atoms with Gasteiger partial charge >= 0.3 is 0 Å². The maximum atomic E-state index is 6.37. The van der Waals surface area contributed by atoms with Gasteiger partial charge in [0.2, 0.25) is 5.79 Å². The van der Waals surface area contributed by atoms with Crippen LogP contribution >= 0.6 is 39.1 Å². The zero-order valence-corrected chi connectivity index (χ0v) is 18.6. The zero-order valence-electron chi connectivity index (χ0n) is 15.5. The summed E-state index contributed by atoms with van der Waals surface area (Å²) in [6, 6.07) is 23.6. The standard InChI is InChI=1S/C23H19BrCl2O3/c24-15-23(21-11-8-18(25)12-22(21)26)28-14-20(29-23)13-27-19-9-6-17(7-10-19)16-4-2-1-3-5-16/h1-12,20H,13-15H2. The summed E-state index contributed by atoms with van der Waals surface area (Å²) in [6.07, 6.45) is -0.215. The van der Waals surface area contributed by atoms with Crippen LogP contribution in [-0.2, 0) is 15.3 Å². The number of halogens is 3. The number of ether oxygens (including phenoxy) is 3. The average molecular weight is 494 g/mol. The Morgan fingerprint density at radius 2 is 1.69 bits per heavy atom. The lowest BCUT2D eigenvalue weighted by Gasteiger charge is -2.27. The lowest BCUT2D eigenvalue weighted by molar-refractivity contribution is -0.159. The Kier molecular flexibility index (Phi) is 6.47. The van der Waals surface area contributed by atoms with Crippen LogP contribution in [0.3, 0.4) is 0 Å². The predicted octanol–water partition coefficient (Wildman–Crippen LogP) is 6.70. The third-order valence-corrected chi connectivity index (χ3v) is 6.06. The van der Waals surface area contributed by atoms with Gasteiger partial charge in [-0.15, -0.1) is 0 Å². The second-order valence-electron chi connectivity index (χ2n) is 6.76. The molecule has 3 aromatic carbocycles. The van der Waals surface area contributed by atoms with Crippen molar-refractivity contribution >= 4 is 39.1 Å². The summed E-state index contributed by atoms with van der Waals surface area (Å²) in [5.41, 5.74) is 3.07. The molecule has 0 bridgehead atoms. The largest absolute Gasteiger partial charge is 0.491 e. The topological polar surface area (TPSA) is 27.7 Å². The van der Waals surface area contributed by atoms with E-state index in [1.165, 1.54) is 5.56 Å². The molecular weight excluding hydrogens is 475 g/mol. The molecule has 0 radical (unpaired) electrons. The number of hydrogen-bond donors (Lipinski definition) is 0. The Morgan fingerprint density at radius 3 is 2.38 bits per heavy atom. The number of hydrogen-bond acceptors (Lipinski definition) is 3. The molecule has 0 aliphatic carbocycles. The highest BCUT2D eigenvalue weighted by molar-refractivity contribution is 9.09. The molecule has 0 saturated carbocycles. The van der Waals surface area contributed by atoms with Gasteiger partial charge in [0.05, 0.1) is 17.0 Å². The summed E-state index contributed by atoms with van der Waals surface area (Å²) in [5, 5.41) is 1.53. The summed E-state index contributed by atoms with van der Waals surface area (Å²) in [4.78, 5) is 0. The minimum Gasteiger partial charge on any atom is -0.491 e. The first-order valence-corrected chi connectivity index (χ1v) is 11.1. The molecule has 1 fully saturated rings. The molecule has 150 valence electrons. The highest BCUT2D eigenvalue weighted by Gasteiger charge is 2.44. The molecule has 0 amide bonds. The maximum Gasteiger partial charge on any atom is 0.206 e. The molecule has 1 saturated heterocycles. The number of alkyl halides is 1. The van der Waals surface area contributed by atoms with Gasteiger partial charge in [0.25, 0.3) is 0 Å². The van der Waals surface area contributed by atoms with Crippen molar-refractivity contribution in [2.24, 2.45) is 0 Å². The van der Waals surface area contributed by atoms with E-state index >= 15 is 0 Å². The molecule has 0 N–H and O–H groups in total. The van der Waals surface area contributed by atoms with E-state index in [4.69, 9.17) is 37.4 Å². The van der Waals surface area contributed by atoms with Crippen LogP contribution in [0.1, 0.15) is 5.56 Å². The highest BCUT2D eigenvalue weighted by atomic mass is 79.9. The van der Waals surface area contributed by atoms with Crippen LogP contribution in [0.5, 0.6) is 5.75 Å². The number of benzene rings is 3. The molecule has 29 heavy (non-hydrogen) atoms.